The number of benzene rings is 1. The molecule has 0 aliphatic heterocycles. The minimum atomic E-state index is -0.831. The van der Waals surface area contributed by atoms with Gasteiger partial charge in [0, 0.05) is 30.5 Å². The number of nitro groups is 1. The Morgan fingerprint density at radius 2 is 2.00 bits per heavy atom. The predicted octanol–water partition coefficient (Wildman–Crippen LogP) is 2.20. The molecule has 0 saturated carbocycles. The second-order valence-corrected chi connectivity index (χ2v) is 3.35. The van der Waals surface area contributed by atoms with Crippen molar-refractivity contribution in [1.29, 1.82) is 0 Å². The summed E-state index contributed by atoms with van der Waals surface area (Å²) in [5.41, 5.74) is 0.715. The second-order valence-electron chi connectivity index (χ2n) is 3.35. The molecule has 1 rings (SSSR count). The molecule has 0 unspecified atom stereocenters. The van der Waals surface area contributed by atoms with Crippen LogP contribution in [-0.2, 0) is 4.79 Å². The number of carbonyl (C=O) groups is 1. The van der Waals surface area contributed by atoms with Crippen molar-refractivity contribution in [2.45, 2.75) is 19.3 Å². The van der Waals surface area contributed by atoms with E-state index in [4.69, 9.17) is 5.11 Å². The van der Waals surface area contributed by atoms with Gasteiger partial charge in [0.1, 0.15) is 0 Å². The fourth-order valence-electron chi connectivity index (χ4n) is 1.16. The predicted molar refractivity (Wildman–Crippen MR) is 61.5 cm³/mol. The number of nitrogens with zero attached hydrogens (tertiary/aromatic N) is 1. The summed E-state index contributed by atoms with van der Waals surface area (Å²) in [6, 6.07) is 5.92. The number of non-ortho nitro benzene ring substituents is 1. The molecule has 5 nitrogen and oxygen atoms in total. The molecule has 0 heterocycles. The molecule has 0 spiro atoms. The molecular formula is C12H11NO4. The van der Waals surface area contributed by atoms with Gasteiger partial charge in [-0.15, -0.1) is 0 Å². The highest BCUT2D eigenvalue weighted by Gasteiger charge is 2.02. The lowest BCUT2D eigenvalue weighted by atomic mass is 10.2. The van der Waals surface area contributed by atoms with Gasteiger partial charge < -0.3 is 5.11 Å². The summed E-state index contributed by atoms with van der Waals surface area (Å²) < 4.78 is 0. The van der Waals surface area contributed by atoms with Gasteiger partial charge in [-0.2, -0.15) is 0 Å². The Bertz CT molecular complexity index is 468. The maximum absolute atomic E-state index is 10.4. The summed E-state index contributed by atoms with van der Waals surface area (Å²) >= 11 is 0. The van der Waals surface area contributed by atoms with Crippen LogP contribution in [-0.4, -0.2) is 16.0 Å². The van der Waals surface area contributed by atoms with Crippen LogP contribution in [0, 0.1) is 22.0 Å². The van der Waals surface area contributed by atoms with Gasteiger partial charge in [-0.1, -0.05) is 11.8 Å². The van der Waals surface area contributed by atoms with Crippen LogP contribution in [0.25, 0.3) is 0 Å². The summed E-state index contributed by atoms with van der Waals surface area (Å²) in [4.78, 5) is 20.1. The van der Waals surface area contributed by atoms with E-state index < -0.39 is 10.9 Å². The number of unbranched alkanes of at least 4 members (excludes halogenated alkanes) is 1. The summed E-state index contributed by atoms with van der Waals surface area (Å²) in [6.07, 6.45) is 1.12. The lowest BCUT2D eigenvalue weighted by Crippen LogP contribution is -1.92. The molecule has 0 saturated heterocycles. The number of hydrogen-bond donors (Lipinski definition) is 1. The first-order valence-electron chi connectivity index (χ1n) is 5.04. The zero-order valence-electron chi connectivity index (χ0n) is 9.05. The van der Waals surface area contributed by atoms with E-state index in [2.05, 4.69) is 11.8 Å². The fraction of sp³-hybridized carbons (Fsp3) is 0.250. The molecule has 0 bridgehead atoms. The Morgan fingerprint density at radius 1 is 1.35 bits per heavy atom. The smallest absolute Gasteiger partial charge is 0.303 e. The third-order valence-corrected chi connectivity index (χ3v) is 2.00. The average Bonchev–Trinajstić information content (AvgIpc) is 2.29. The van der Waals surface area contributed by atoms with Gasteiger partial charge >= 0.3 is 5.97 Å². The summed E-state index contributed by atoms with van der Waals surface area (Å²) in [5, 5.41) is 18.8. The number of carboxylic acid groups (broad SMARTS) is 1. The van der Waals surface area contributed by atoms with Crippen LogP contribution in [0.5, 0.6) is 0 Å². The van der Waals surface area contributed by atoms with Gasteiger partial charge in [0.05, 0.1) is 4.92 Å². The lowest BCUT2D eigenvalue weighted by Gasteiger charge is -1.91. The largest absolute Gasteiger partial charge is 0.481 e. The summed E-state index contributed by atoms with van der Waals surface area (Å²) in [5.74, 6) is 4.81. The van der Waals surface area contributed by atoms with Crippen molar-refractivity contribution in [1.82, 2.24) is 0 Å². The van der Waals surface area contributed by atoms with Crippen LogP contribution < -0.4 is 0 Å². The summed E-state index contributed by atoms with van der Waals surface area (Å²) in [7, 11) is 0. The van der Waals surface area contributed by atoms with E-state index in [0.717, 1.165) is 0 Å². The van der Waals surface area contributed by atoms with E-state index in [0.29, 0.717) is 18.4 Å². The molecule has 17 heavy (non-hydrogen) atoms. The van der Waals surface area contributed by atoms with Gasteiger partial charge in [-0.3, -0.25) is 14.9 Å². The van der Waals surface area contributed by atoms with E-state index >= 15 is 0 Å². The number of nitro benzene ring substituents is 1. The van der Waals surface area contributed by atoms with Crippen LogP contribution in [0.15, 0.2) is 24.3 Å². The molecule has 0 aliphatic carbocycles. The molecule has 1 N–H and O–H groups in total. The molecule has 0 radical (unpaired) electrons. The van der Waals surface area contributed by atoms with Gasteiger partial charge in [-0.25, -0.2) is 0 Å². The van der Waals surface area contributed by atoms with E-state index in [1.807, 2.05) is 0 Å². The quantitative estimate of drug-likeness (QED) is 0.374. The normalized spacial score (nSPS) is 9.18. The van der Waals surface area contributed by atoms with Crippen molar-refractivity contribution in [2.75, 3.05) is 0 Å². The van der Waals surface area contributed by atoms with E-state index in [9.17, 15) is 14.9 Å². The standard InChI is InChI=1S/C12H11NO4/c14-12(15)5-3-1-2-4-10-6-8-11(9-7-10)13(16)17/h6-9H,1,3,5H2,(H,14,15). The zero-order valence-corrected chi connectivity index (χ0v) is 9.05. The van der Waals surface area contributed by atoms with Crippen LogP contribution in [0.4, 0.5) is 5.69 Å². The molecule has 1 aromatic rings. The van der Waals surface area contributed by atoms with Crippen molar-refractivity contribution in [3.63, 3.8) is 0 Å². The Kier molecular flexibility index (Phi) is 4.70. The highest BCUT2D eigenvalue weighted by molar-refractivity contribution is 5.66. The van der Waals surface area contributed by atoms with Crippen LogP contribution in [0.1, 0.15) is 24.8 Å². The third kappa shape index (κ3) is 4.80. The molecule has 0 aromatic heterocycles. The van der Waals surface area contributed by atoms with Crippen LogP contribution >= 0.6 is 0 Å². The molecule has 0 fully saturated rings. The highest BCUT2D eigenvalue weighted by Crippen LogP contribution is 2.10. The number of rotatable bonds is 4. The first-order chi connectivity index (χ1) is 8.09. The van der Waals surface area contributed by atoms with Crippen molar-refractivity contribution < 1.29 is 14.8 Å². The minimum Gasteiger partial charge on any atom is -0.481 e. The maximum atomic E-state index is 10.4. The SMILES string of the molecule is O=C(O)CCCC#Cc1ccc([N+](=O)[O-])cc1. The van der Waals surface area contributed by atoms with Gasteiger partial charge in [0.2, 0.25) is 0 Å². The molecule has 1 aromatic carbocycles. The van der Waals surface area contributed by atoms with Crippen molar-refractivity contribution >= 4 is 11.7 Å². The second kappa shape index (κ2) is 6.28. The van der Waals surface area contributed by atoms with Crippen molar-refractivity contribution in [3.05, 3.63) is 39.9 Å². The van der Waals surface area contributed by atoms with Crippen LogP contribution in [0.2, 0.25) is 0 Å². The number of aliphatic carboxylic acids is 1. The van der Waals surface area contributed by atoms with E-state index in [1.165, 1.54) is 12.1 Å². The Labute approximate surface area is 98.2 Å². The molecule has 0 aliphatic rings. The van der Waals surface area contributed by atoms with Crippen LogP contribution in [0.3, 0.4) is 0 Å². The van der Waals surface area contributed by atoms with Crippen molar-refractivity contribution in [3.8, 4) is 11.8 Å². The number of carboxylic acids is 1. The third-order valence-electron chi connectivity index (χ3n) is 2.00. The average molecular weight is 233 g/mol. The van der Waals surface area contributed by atoms with Gasteiger partial charge in [-0.05, 0) is 18.6 Å². The highest BCUT2D eigenvalue weighted by atomic mass is 16.6. The molecule has 0 atom stereocenters. The summed E-state index contributed by atoms with van der Waals surface area (Å²) in [6.45, 7) is 0. The molecular weight excluding hydrogens is 222 g/mol. The van der Waals surface area contributed by atoms with Gasteiger partial charge in [0.25, 0.3) is 5.69 Å². The van der Waals surface area contributed by atoms with E-state index in [-0.39, 0.29) is 12.1 Å². The van der Waals surface area contributed by atoms with E-state index in [1.54, 1.807) is 12.1 Å². The Hall–Kier alpha value is -2.35. The maximum Gasteiger partial charge on any atom is 0.303 e. The minimum absolute atomic E-state index is 0.0291. The molecule has 5 heteroatoms. The zero-order chi connectivity index (χ0) is 12.7. The molecule has 0 amide bonds. The Balaban J connectivity index is 2.49. The first kappa shape index (κ1) is 12.7. The molecule has 88 valence electrons. The van der Waals surface area contributed by atoms with Crippen molar-refractivity contribution in [2.24, 2.45) is 0 Å². The topological polar surface area (TPSA) is 80.4 Å². The number of hydrogen-bond acceptors (Lipinski definition) is 3. The lowest BCUT2D eigenvalue weighted by molar-refractivity contribution is -0.384. The Morgan fingerprint density at radius 3 is 2.53 bits per heavy atom. The monoisotopic (exact) mass is 233 g/mol. The first-order valence-corrected chi connectivity index (χ1v) is 5.04. The van der Waals surface area contributed by atoms with Gasteiger partial charge in [0.15, 0.2) is 0 Å². The fourth-order valence-corrected chi connectivity index (χ4v) is 1.16.